The molecule has 0 aliphatic carbocycles. The highest BCUT2D eigenvalue weighted by Gasteiger charge is 2.29. The van der Waals surface area contributed by atoms with Crippen molar-refractivity contribution >= 4 is 17.5 Å². The van der Waals surface area contributed by atoms with Crippen molar-refractivity contribution in [1.82, 2.24) is 10.2 Å². The number of amides is 1. The number of nitrogens with two attached hydrogens (primary N) is 1. The van der Waals surface area contributed by atoms with Gasteiger partial charge >= 0.3 is 0 Å². The fraction of sp³-hybridized carbons (Fsp3) is 0.611. The van der Waals surface area contributed by atoms with Gasteiger partial charge < -0.3 is 15.8 Å². The van der Waals surface area contributed by atoms with Gasteiger partial charge in [-0.3, -0.25) is 9.69 Å². The Balaban J connectivity index is 2.10. The van der Waals surface area contributed by atoms with Crippen LogP contribution in [0.1, 0.15) is 32.4 Å². The highest BCUT2D eigenvalue weighted by atomic mass is 35.5. The van der Waals surface area contributed by atoms with E-state index in [1.165, 1.54) is 0 Å². The number of carbonyl (C=O) groups is 1. The molecule has 134 valence electrons. The standard InChI is InChI=1S/C18H28ClN3O2/c1-18(2,3)16(20)17(23)21-12-15(22-7-9-24-10-8-22)13-5-4-6-14(19)11-13/h4-6,11,15-16H,7-10,12,20H2,1-3H3,(H,21,23)/t15?,16-/m1/s1. The molecule has 0 spiro atoms. The Morgan fingerprint density at radius 3 is 2.62 bits per heavy atom. The molecule has 1 unspecified atom stereocenters. The zero-order valence-corrected chi connectivity index (χ0v) is 15.5. The average Bonchev–Trinajstić information content (AvgIpc) is 2.54. The van der Waals surface area contributed by atoms with Crippen molar-refractivity contribution in [2.24, 2.45) is 11.1 Å². The van der Waals surface area contributed by atoms with Gasteiger partial charge in [0.1, 0.15) is 0 Å². The molecular formula is C18H28ClN3O2. The monoisotopic (exact) mass is 353 g/mol. The lowest BCUT2D eigenvalue weighted by Crippen LogP contribution is -2.51. The summed E-state index contributed by atoms with van der Waals surface area (Å²) in [5.41, 5.74) is 6.88. The Labute approximate surface area is 149 Å². The van der Waals surface area contributed by atoms with E-state index in [0.717, 1.165) is 18.7 Å². The molecule has 3 N–H and O–H groups in total. The normalized spacial score (nSPS) is 18.9. The molecule has 0 radical (unpaired) electrons. The molecule has 24 heavy (non-hydrogen) atoms. The summed E-state index contributed by atoms with van der Waals surface area (Å²) in [6.45, 7) is 9.47. The molecule has 2 rings (SSSR count). The molecule has 5 nitrogen and oxygen atoms in total. The summed E-state index contributed by atoms with van der Waals surface area (Å²) in [4.78, 5) is 14.7. The minimum Gasteiger partial charge on any atom is -0.379 e. The maximum Gasteiger partial charge on any atom is 0.237 e. The number of morpholine rings is 1. The molecule has 1 heterocycles. The van der Waals surface area contributed by atoms with Crippen LogP contribution in [0.15, 0.2) is 24.3 Å². The number of hydrogen-bond donors (Lipinski definition) is 2. The zero-order chi connectivity index (χ0) is 17.7. The maximum atomic E-state index is 12.4. The lowest BCUT2D eigenvalue weighted by molar-refractivity contribution is -0.124. The molecule has 1 aliphatic rings. The van der Waals surface area contributed by atoms with Crippen LogP contribution in [0.4, 0.5) is 0 Å². The molecule has 1 aliphatic heterocycles. The van der Waals surface area contributed by atoms with Gasteiger partial charge in [0.15, 0.2) is 0 Å². The van der Waals surface area contributed by atoms with Gasteiger partial charge in [-0.05, 0) is 23.1 Å². The molecule has 1 aromatic carbocycles. The summed E-state index contributed by atoms with van der Waals surface area (Å²) in [7, 11) is 0. The van der Waals surface area contributed by atoms with Crippen LogP contribution in [0.5, 0.6) is 0 Å². The molecule has 1 amide bonds. The Morgan fingerprint density at radius 2 is 2.04 bits per heavy atom. The van der Waals surface area contributed by atoms with Gasteiger partial charge in [0, 0.05) is 24.7 Å². The number of nitrogens with one attached hydrogen (secondary N) is 1. The van der Waals surface area contributed by atoms with Gasteiger partial charge in [0.25, 0.3) is 0 Å². The van der Waals surface area contributed by atoms with Crippen LogP contribution in [0.2, 0.25) is 5.02 Å². The third-order valence-electron chi connectivity index (χ3n) is 4.41. The molecular weight excluding hydrogens is 326 g/mol. The summed E-state index contributed by atoms with van der Waals surface area (Å²) in [5.74, 6) is -0.122. The summed E-state index contributed by atoms with van der Waals surface area (Å²) >= 11 is 6.15. The second-order valence-corrected chi connectivity index (χ2v) is 7.74. The predicted octanol–water partition coefficient (Wildman–Crippen LogP) is 2.20. The number of hydrogen-bond acceptors (Lipinski definition) is 4. The van der Waals surface area contributed by atoms with Crippen LogP contribution in [0.3, 0.4) is 0 Å². The fourth-order valence-corrected chi connectivity index (χ4v) is 2.96. The summed E-state index contributed by atoms with van der Waals surface area (Å²) in [5, 5.41) is 3.71. The number of carbonyl (C=O) groups excluding carboxylic acids is 1. The number of benzene rings is 1. The van der Waals surface area contributed by atoms with E-state index in [2.05, 4.69) is 10.2 Å². The predicted molar refractivity (Wildman–Crippen MR) is 97.0 cm³/mol. The van der Waals surface area contributed by atoms with E-state index in [9.17, 15) is 4.79 Å². The molecule has 0 aromatic heterocycles. The highest BCUT2D eigenvalue weighted by molar-refractivity contribution is 6.30. The van der Waals surface area contributed by atoms with Crippen LogP contribution in [0, 0.1) is 5.41 Å². The van der Waals surface area contributed by atoms with Crippen molar-refractivity contribution in [3.8, 4) is 0 Å². The number of rotatable bonds is 5. The number of nitrogens with zero attached hydrogens (tertiary/aromatic N) is 1. The first-order valence-electron chi connectivity index (χ1n) is 8.39. The Hall–Kier alpha value is -1.14. The van der Waals surface area contributed by atoms with E-state index in [0.29, 0.717) is 24.8 Å². The minimum absolute atomic E-state index is 0.0590. The largest absolute Gasteiger partial charge is 0.379 e. The van der Waals surface area contributed by atoms with E-state index in [1.54, 1.807) is 0 Å². The second-order valence-electron chi connectivity index (χ2n) is 7.31. The summed E-state index contributed by atoms with van der Waals surface area (Å²) in [6, 6.07) is 7.31. The van der Waals surface area contributed by atoms with Gasteiger partial charge in [-0.1, -0.05) is 44.5 Å². The molecule has 6 heteroatoms. The van der Waals surface area contributed by atoms with Gasteiger partial charge in [-0.15, -0.1) is 0 Å². The summed E-state index contributed by atoms with van der Waals surface area (Å²) in [6.07, 6.45) is 0. The smallest absolute Gasteiger partial charge is 0.237 e. The maximum absolute atomic E-state index is 12.4. The Kier molecular flexibility index (Phi) is 6.63. The first kappa shape index (κ1) is 19.2. The molecule has 2 atom stereocenters. The first-order chi connectivity index (χ1) is 11.3. The van der Waals surface area contributed by atoms with Crippen LogP contribution >= 0.6 is 11.6 Å². The van der Waals surface area contributed by atoms with Crippen LogP contribution in [-0.4, -0.2) is 49.7 Å². The van der Waals surface area contributed by atoms with E-state index >= 15 is 0 Å². The van der Waals surface area contributed by atoms with Crippen LogP contribution in [0.25, 0.3) is 0 Å². The molecule has 1 saturated heterocycles. The molecule has 0 bridgehead atoms. The molecule has 1 fully saturated rings. The lowest BCUT2D eigenvalue weighted by atomic mass is 9.87. The van der Waals surface area contributed by atoms with Gasteiger partial charge in [0.05, 0.1) is 25.3 Å². The van der Waals surface area contributed by atoms with E-state index in [4.69, 9.17) is 22.1 Å². The van der Waals surface area contributed by atoms with E-state index in [1.807, 2.05) is 45.0 Å². The van der Waals surface area contributed by atoms with Crippen LogP contribution in [-0.2, 0) is 9.53 Å². The zero-order valence-electron chi connectivity index (χ0n) is 14.7. The second kappa shape index (κ2) is 8.30. The molecule has 1 aromatic rings. The first-order valence-corrected chi connectivity index (χ1v) is 8.77. The van der Waals surface area contributed by atoms with Gasteiger partial charge in [0.2, 0.25) is 5.91 Å². The van der Waals surface area contributed by atoms with Gasteiger partial charge in [-0.2, -0.15) is 0 Å². The fourth-order valence-electron chi connectivity index (χ4n) is 2.76. The Bertz CT molecular complexity index is 553. The van der Waals surface area contributed by atoms with E-state index in [-0.39, 0.29) is 17.4 Å². The minimum atomic E-state index is -0.540. The van der Waals surface area contributed by atoms with Crippen molar-refractivity contribution in [2.45, 2.75) is 32.9 Å². The van der Waals surface area contributed by atoms with Crippen molar-refractivity contribution in [2.75, 3.05) is 32.8 Å². The van der Waals surface area contributed by atoms with Crippen molar-refractivity contribution in [3.63, 3.8) is 0 Å². The highest BCUT2D eigenvalue weighted by Crippen LogP contribution is 2.24. The molecule has 0 saturated carbocycles. The number of ether oxygens (including phenoxy) is 1. The topological polar surface area (TPSA) is 67.6 Å². The van der Waals surface area contributed by atoms with Crippen molar-refractivity contribution in [1.29, 1.82) is 0 Å². The number of halogens is 1. The van der Waals surface area contributed by atoms with Crippen molar-refractivity contribution in [3.05, 3.63) is 34.9 Å². The summed E-state index contributed by atoms with van der Waals surface area (Å²) < 4.78 is 5.44. The average molecular weight is 354 g/mol. The van der Waals surface area contributed by atoms with Crippen molar-refractivity contribution < 1.29 is 9.53 Å². The third-order valence-corrected chi connectivity index (χ3v) is 4.64. The quantitative estimate of drug-likeness (QED) is 0.851. The lowest BCUT2D eigenvalue weighted by Gasteiger charge is -2.35. The van der Waals surface area contributed by atoms with Gasteiger partial charge in [-0.25, -0.2) is 0 Å². The van der Waals surface area contributed by atoms with Crippen LogP contribution < -0.4 is 11.1 Å². The third kappa shape index (κ3) is 5.18. The Morgan fingerprint density at radius 1 is 1.38 bits per heavy atom. The van der Waals surface area contributed by atoms with E-state index < -0.39 is 6.04 Å². The SMILES string of the molecule is CC(C)(C)[C@H](N)C(=O)NCC(c1cccc(Cl)c1)N1CCOCC1.